The van der Waals surface area contributed by atoms with Gasteiger partial charge in [0.2, 0.25) is 0 Å². The number of hydrogen-bond donors (Lipinski definition) is 0. The van der Waals surface area contributed by atoms with Gasteiger partial charge in [0.25, 0.3) is 0 Å². The molecule has 0 fully saturated rings. The Kier molecular flexibility index (Phi) is 16.6. The van der Waals surface area contributed by atoms with Crippen LogP contribution in [0.4, 0.5) is 0 Å². The van der Waals surface area contributed by atoms with Gasteiger partial charge in [-0.25, -0.2) is 4.79 Å². The predicted octanol–water partition coefficient (Wildman–Crippen LogP) is 4.82. The molecule has 0 radical (unpaired) electrons. The maximum absolute atomic E-state index is 11.0. The first-order valence-corrected chi connectivity index (χ1v) is 6.66. The van der Waals surface area contributed by atoms with Gasteiger partial charge in [0.15, 0.2) is 0 Å². The van der Waals surface area contributed by atoms with E-state index < -0.39 is 0 Å². The van der Waals surface area contributed by atoms with Gasteiger partial charge in [-0.1, -0.05) is 70.9 Å². The van der Waals surface area contributed by atoms with Crippen molar-refractivity contribution in [2.45, 2.75) is 52.4 Å². The minimum Gasteiger partial charge on any atom is -0.462 e. The summed E-state index contributed by atoms with van der Waals surface area (Å²) in [6, 6.07) is 0. The van der Waals surface area contributed by atoms with Crippen LogP contribution in [-0.4, -0.2) is 12.6 Å². The molecule has 0 atom stereocenters. The Labute approximate surface area is 112 Å². The quantitative estimate of drug-likeness (QED) is 0.254. The third kappa shape index (κ3) is 17.1. The number of unbranched alkanes of at least 4 members (excludes halogenated alkanes) is 5. The van der Waals surface area contributed by atoms with Crippen molar-refractivity contribution in [1.29, 1.82) is 0 Å². The largest absolute Gasteiger partial charge is 0.462 e. The lowest BCUT2D eigenvalue weighted by molar-refractivity contribution is -0.139. The fourth-order valence-electron chi connectivity index (χ4n) is 1.17. The molecule has 0 aliphatic carbocycles. The average Bonchev–Trinajstić information content (AvgIpc) is 2.37. The van der Waals surface area contributed by atoms with E-state index in [1.165, 1.54) is 25.7 Å². The lowest BCUT2D eigenvalue weighted by atomic mass is 10.1. The highest BCUT2D eigenvalue weighted by Crippen LogP contribution is 2.05. The van der Waals surface area contributed by atoms with Crippen molar-refractivity contribution in [3.05, 3.63) is 37.5 Å². The monoisotopic (exact) mass is 252 g/mol. The van der Waals surface area contributed by atoms with E-state index in [1.54, 1.807) is 19.1 Å². The molecule has 0 amide bonds. The highest BCUT2D eigenvalue weighted by atomic mass is 16.5. The van der Waals surface area contributed by atoms with Crippen molar-refractivity contribution in [1.82, 2.24) is 0 Å². The summed E-state index contributed by atoms with van der Waals surface area (Å²) in [7, 11) is 0. The van der Waals surface area contributed by atoms with Gasteiger partial charge in [-0.05, 0) is 13.3 Å². The van der Waals surface area contributed by atoms with Crippen molar-refractivity contribution in [3.63, 3.8) is 0 Å². The number of rotatable bonds is 9. The minimum absolute atomic E-state index is 0.265. The number of carbonyl (C=O) groups excluding carboxylic acids is 1. The second kappa shape index (κ2) is 15.7. The Morgan fingerprint density at radius 1 is 1.06 bits per heavy atom. The molecule has 0 aromatic rings. The van der Waals surface area contributed by atoms with E-state index in [1.807, 2.05) is 0 Å². The van der Waals surface area contributed by atoms with E-state index in [-0.39, 0.29) is 5.97 Å². The number of carbonyl (C=O) groups is 1. The van der Waals surface area contributed by atoms with Crippen LogP contribution < -0.4 is 0 Å². The maximum atomic E-state index is 11.0. The predicted molar refractivity (Wildman–Crippen MR) is 79.5 cm³/mol. The molecule has 0 bridgehead atoms. The summed E-state index contributed by atoms with van der Waals surface area (Å²) in [5.41, 5.74) is 0.482. The van der Waals surface area contributed by atoms with Gasteiger partial charge in [0, 0.05) is 5.57 Å². The van der Waals surface area contributed by atoms with Gasteiger partial charge in [0.1, 0.15) is 0 Å². The topological polar surface area (TPSA) is 26.3 Å². The molecule has 0 aliphatic rings. The Balaban J connectivity index is 0. The van der Waals surface area contributed by atoms with Gasteiger partial charge in [0.05, 0.1) is 6.61 Å². The van der Waals surface area contributed by atoms with E-state index in [2.05, 4.69) is 26.7 Å². The molecule has 0 aliphatic heterocycles. The molecule has 0 aromatic heterocycles. The number of allylic oxidation sites excluding steroid dienone is 2. The fraction of sp³-hybridized carbons (Fsp3) is 0.562. The average molecular weight is 252 g/mol. The molecule has 0 N–H and O–H groups in total. The van der Waals surface area contributed by atoms with Gasteiger partial charge in [-0.3, -0.25) is 0 Å². The van der Waals surface area contributed by atoms with Crippen molar-refractivity contribution >= 4 is 5.97 Å². The van der Waals surface area contributed by atoms with Gasteiger partial charge in [-0.15, -0.1) is 0 Å². The zero-order valence-electron chi connectivity index (χ0n) is 12.0. The van der Waals surface area contributed by atoms with E-state index in [4.69, 9.17) is 4.74 Å². The van der Waals surface area contributed by atoms with Crippen LogP contribution in [0.15, 0.2) is 37.5 Å². The minimum atomic E-state index is -0.265. The molecule has 104 valence electrons. The third-order valence-corrected chi connectivity index (χ3v) is 2.25. The summed E-state index contributed by atoms with van der Waals surface area (Å²) in [5, 5.41) is 0. The Bertz CT molecular complexity index is 235. The molecular weight excluding hydrogens is 224 g/mol. The number of hydrogen-bond acceptors (Lipinski definition) is 2. The molecule has 2 nitrogen and oxygen atoms in total. The second-order valence-corrected chi connectivity index (χ2v) is 4.16. The van der Waals surface area contributed by atoms with E-state index in [9.17, 15) is 4.79 Å². The maximum Gasteiger partial charge on any atom is 0.333 e. The lowest BCUT2D eigenvalue weighted by Crippen LogP contribution is -2.05. The molecule has 0 saturated heterocycles. The van der Waals surface area contributed by atoms with Crippen LogP contribution in [0.5, 0.6) is 0 Å². The highest BCUT2D eigenvalue weighted by Gasteiger charge is 2.01. The highest BCUT2D eigenvalue weighted by molar-refractivity contribution is 5.86. The SMILES string of the molecule is C=C(C)C(=O)OCCCCCCCC.C=CC=C. The van der Waals surface area contributed by atoms with Crippen LogP contribution in [0.3, 0.4) is 0 Å². The van der Waals surface area contributed by atoms with Gasteiger partial charge in [-0.2, -0.15) is 0 Å². The number of ether oxygens (including phenoxy) is 1. The fourth-order valence-corrected chi connectivity index (χ4v) is 1.17. The van der Waals surface area contributed by atoms with E-state index in [0.29, 0.717) is 12.2 Å². The van der Waals surface area contributed by atoms with Crippen LogP contribution in [0, 0.1) is 0 Å². The van der Waals surface area contributed by atoms with Crippen molar-refractivity contribution in [3.8, 4) is 0 Å². The van der Waals surface area contributed by atoms with Crippen molar-refractivity contribution < 1.29 is 9.53 Å². The van der Waals surface area contributed by atoms with Crippen LogP contribution in [0.2, 0.25) is 0 Å². The van der Waals surface area contributed by atoms with E-state index >= 15 is 0 Å². The van der Waals surface area contributed by atoms with Gasteiger partial charge >= 0.3 is 5.97 Å². The van der Waals surface area contributed by atoms with Crippen molar-refractivity contribution in [2.24, 2.45) is 0 Å². The zero-order chi connectivity index (χ0) is 14.2. The summed E-state index contributed by atoms with van der Waals surface area (Å²) in [6.45, 7) is 14.7. The normalized spacial score (nSPS) is 8.78. The summed E-state index contributed by atoms with van der Waals surface area (Å²) in [6.07, 6.45) is 10.5. The first kappa shape index (κ1) is 19.0. The van der Waals surface area contributed by atoms with Gasteiger partial charge < -0.3 is 4.74 Å². The summed E-state index contributed by atoms with van der Waals surface area (Å²) in [4.78, 5) is 11.0. The molecule has 0 heterocycles. The lowest BCUT2D eigenvalue weighted by Gasteiger charge is -2.03. The van der Waals surface area contributed by atoms with Crippen LogP contribution >= 0.6 is 0 Å². The smallest absolute Gasteiger partial charge is 0.333 e. The van der Waals surface area contributed by atoms with Crippen LogP contribution in [-0.2, 0) is 9.53 Å². The molecule has 0 rings (SSSR count). The summed E-state index contributed by atoms with van der Waals surface area (Å²) in [5.74, 6) is -0.265. The summed E-state index contributed by atoms with van der Waals surface area (Å²) >= 11 is 0. The van der Waals surface area contributed by atoms with E-state index in [0.717, 1.165) is 12.8 Å². The molecular formula is C16H28O2. The molecule has 0 unspecified atom stereocenters. The number of esters is 1. The molecule has 0 spiro atoms. The third-order valence-electron chi connectivity index (χ3n) is 2.25. The Morgan fingerprint density at radius 3 is 2.00 bits per heavy atom. The standard InChI is InChI=1S/C12H22O2.C4H6/c1-4-5-6-7-8-9-10-14-12(13)11(2)3;1-3-4-2/h2,4-10H2,1,3H3;3-4H,1-2H2. The molecule has 0 aromatic carbocycles. The first-order valence-electron chi connectivity index (χ1n) is 6.66. The Hall–Kier alpha value is -1.31. The summed E-state index contributed by atoms with van der Waals surface area (Å²) < 4.78 is 4.97. The molecule has 18 heavy (non-hydrogen) atoms. The van der Waals surface area contributed by atoms with Crippen LogP contribution in [0.1, 0.15) is 52.4 Å². The van der Waals surface area contributed by atoms with Crippen LogP contribution in [0.25, 0.3) is 0 Å². The van der Waals surface area contributed by atoms with Crippen molar-refractivity contribution in [2.75, 3.05) is 6.61 Å². The first-order chi connectivity index (χ1) is 8.59. The second-order valence-electron chi connectivity index (χ2n) is 4.16. The molecule has 2 heteroatoms. The zero-order valence-corrected chi connectivity index (χ0v) is 12.0. The molecule has 0 saturated carbocycles. The Morgan fingerprint density at radius 2 is 1.56 bits per heavy atom.